The summed E-state index contributed by atoms with van der Waals surface area (Å²) in [6.45, 7) is 9.11. The van der Waals surface area contributed by atoms with Gasteiger partial charge in [0.25, 0.3) is 0 Å². The predicted molar refractivity (Wildman–Crippen MR) is 192 cm³/mol. The summed E-state index contributed by atoms with van der Waals surface area (Å²) in [5.41, 5.74) is 9.25. The Hall–Kier alpha value is -4.99. The van der Waals surface area contributed by atoms with Gasteiger partial charge in [0.1, 0.15) is 0 Å². The maximum absolute atomic E-state index is 6.46. The third-order valence-corrected chi connectivity index (χ3v) is 9.45. The summed E-state index contributed by atoms with van der Waals surface area (Å²) >= 11 is 0. The molecule has 0 spiro atoms. The molecule has 0 aliphatic rings. The van der Waals surface area contributed by atoms with Crippen LogP contribution in [-0.2, 0) is 21.1 Å². The van der Waals surface area contributed by atoms with Crippen molar-refractivity contribution in [2.45, 2.75) is 39.5 Å². The van der Waals surface area contributed by atoms with E-state index in [-0.39, 0.29) is 21.1 Å². The van der Waals surface area contributed by atoms with Crippen molar-refractivity contribution in [1.29, 1.82) is 0 Å². The minimum atomic E-state index is 0. The van der Waals surface area contributed by atoms with Gasteiger partial charge in [0, 0.05) is 52.9 Å². The minimum absolute atomic E-state index is 0. The molecule has 0 aliphatic heterocycles. The number of nitrogens with zero attached hydrogens (tertiary/aromatic N) is 4. The van der Waals surface area contributed by atoms with E-state index < -0.39 is 0 Å². The van der Waals surface area contributed by atoms with Crippen LogP contribution in [0.5, 0.6) is 11.5 Å². The molecule has 4 heterocycles. The van der Waals surface area contributed by atoms with Gasteiger partial charge in [0.2, 0.25) is 0 Å². The predicted octanol–water partition coefficient (Wildman–Crippen LogP) is 10.9. The molecule has 0 atom stereocenters. The topological polar surface area (TPSA) is 43.8 Å². The SMILES string of the molecule is CC(C)c1cccc(C(C)C)c1-c1cccc2c3ccc(Oc4[c-]c5c(cc4)c4ccccc4n4ccnc54)[c-]c3c3nccn3c12.[Pt+2]. The van der Waals surface area contributed by atoms with Gasteiger partial charge in [-0.15, -0.1) is 12.1 Å². The first-order chi connectivity index (χ1) is 23.0. The van der Waals surface area contributed by atoms with E-state index in [0.717, 1.165) is 54.6 Å². The first-order valence-corrected chi connectivity index (χ1v) is 16.2. The van der Waals surface area contributed by atoms with Crippen molar-refractivity contribution in [3.63, 3.8) is 0 Å². The summed E-state index contributed by atoms with van der Waals surface area (Å²) in [5.74, 6) is 2.00. The summed E-state index contributed by atoms with van der Waals surface area (Å²) in [4.78, 5) is 9.51. The molecule has 0 fully saturated rings. The fourth-order valence-corrected chi connectivity index (χ4v) is 7.34. The summed E-state index contributed by atoms with van der Waals surface area (Å²) in [6, 6.07) is 37.1. The Labute approximate surface area is 293 Å². The zero-order valence-electron chi connectivity index (χ0n) is 27.1. The Balaban J connectivity index is 0.00000336. The van der Waals surface area contributed by atoms with Gasteiger partial charge >= 0.3 is 21.1 Å². The smallest absolute Gasteiger partial charge is 0.497 e. The van der Waals surface area contributed by atoms with Crippen LogP contribution in [0.3, 0.4) is 0 Å². The quantitative estimate of drug-likeness (QED) is 0.129. The van der Waals surface area contributed by atoms with E-state index in [9.17, 15) is 0 Å². The van der Waals surface area contributed by atoms with Crippen molar-refractivity contribution < 1.29 is 25.8 Å². The summed E-state index contributed by atoms with van der Waals surface area (Å²) < 4.78 is 10.8. The molecule has 0 N–H and O–H groups in total. The fourth-order valence-electron chi connectivity index (χ4n) is 7.34. The Morgan fingerprint density at radius 3 is 1.81 bits per heavy atom. The van der Waals surface area contributed by atoms with Crippen LogP contribution in [0.4, 0.5) is 0 Å². The van der Waals surface area contributed by atoms with Crippen LogP contribution >= 0.6 is 0 Å². The van der Waals surface area contributed by atoms with Crippen molar-refractivity contribution >= 4 is 54.6 Å². The van der Waals surface area contributed by atoms with Crippen LogP contribution in [0, 0.1) is 12.1 Å². The van der Waals surface area contributed by atoms with E-state index in [1.54, 1.807) is 0 Å². The van der Waals surface area contributed by atoms with Gasteiger partial charge in [-0.2, -0.15) is 0 Å². The molecule has 9 rings (SSSR count). The van der Waals surface area contributed by atoms with Crippen molar-refractivity contribution in [1.82, 2.24) is 18.8 Å². The Bertz CT molecular complexity index is 2660. The number of para-hydroxylation sites is 2. The first kappa shape index (κ1) is 30.3. The van der Waals surface area contributed by atoms with E-state index in [0.29, 0.717) is 23.3 Å². The summed E-state index contributed by atoms with van der Waals surface area (Å²) in [7, 11) is 0. The van der Waals surface area contributed by atoms with Crippen LogP contribution in [0.15, 0.2) is 110 Å². The molecule has 236 valence electrons. The molecule has 0 radical (unpaired) electrons. The largest absolute Gasteiger partial charge is 2.00 e. The molecular formula is C42H32N4OPt. The number of fused-ring (bicyclic) bond motifs is 12. The molecule has 5 nitrogen and oxygen atoms in total. The molecule has 48 heavy (non-hydrogen) atoms. The zero-order chi connectivity index (χ0) is 31.8. The molecule has 0 saturated carbocycles. The number of pyridine rings is 2. The van der Waals surface area contributed by atoms with E-state index in [2.05, 4.69) is 133 Å². The van der Waals surface area contributed by atoms with Crippen molar-refractivity contribution in [3.05, 3.63) is 133 Å². The molecule has 5 aromatic carbocycles. The van der Waals surface area contributed by atoms with Crippen LogP contribution in [0.2, 0.25) is 0 Å². The number of aromatic nitrogens is 4. The number of imidazole rings is 2. The van der Waals surface area contributed by atoms with Crippen LogP contribution in [0.1, 0.15) is 50.7 Å². The minimum Gasteiger partial charge on any atom is -0.497 e. The van der Waals surface area contributed by atoms with Gasteiger partial charge < -0.3 is 13.5 Å². The van der Waals surface area contributed by atoms with Gasteiger partial charge in [0.15, 0.2) is 0 Å². The number of rotatable bonds is 5. The second kappa shape index (κ2) is 11.6. The van der Waals surface area contributed by atoms with Crippen LogP contribution in [0.25, 0.3) is 65.8 Å². The second-order valence-electron chi connectivity index (χ2n) is 12.9. The summed E-state index contributed by atoms with van der Waals surface area (Å²) in [5, 5.41) is 6.33. The van der Waals surface area contributed by atoms with Gasteiger partial charge in [-0.1, -0.05) is 128 Å². The molecule has 0 saturated heterocycles. The average Bonchev–Trinajstić information content (AvgIpc) is 3.79. The Kier molecular flexibility index (Phi) is 7.34. The number of hydrogen-bond donors (Lipinski definition) is 0. The van der Waals surface area contributed by atoms with Gasteiger partial charge in [-0.3, -0.25) is 9.97 Å². The third kappa shape index (κ3) is 4.56. The Morgan fingerprint density at radius 1 is 0.583 bits per heavy atom. The number of benzene rings is 5. The maximum Gasteiger partial charge on any atom is 2.00 e. The number of ether oxygens (including phenoxy) is 1. The van der Waals surface area contributed by atoms with E-state index in [1.807, 2.05) is 30.7 Å². The molecule has 0 amide bonds. The zero-order valence-corrected chi connectivity index (χ0v) is 29.3. The van der Waals surface area contributed by atoms with Gasteiger partial charge in [-0.05, 0) is 45.4 Å². The molecular weight excluding hydrogens is 772 g/mol. The average molecular weight is 804 g/mol. The normalized spacial score (nSPS) is 12.0. The Morgan fingerprint density at radius 2 is 1.15 bits per heavy atom. The summed E-state index contributed by atoms with van der Waals surface area (Å²) in [6.07, 6.45) is 7.76. The van der Waals surface area contributed by atoms with Crippen molar-refractivity contribution in [2.75, 3.05) is 0 Å². The fraction of sp³-hybridized carbons (Fsp3) is 0.143. The van der Waals surface area contributed by atoms with Crippen LogP contribution < -0.4 is 4.74 Å². The first-order valence-electron chi connectivity index (χ1n) is 16.2. The van der Waals surface area contributed by atoms with E-state index >= 15 is 0 Å². The standard InChI is InChI=1S/C42H32N4O.Pt/c1-25(2)29-10-7-11-30(26(3)4)39(29)35-13-8-12-34-32-18-16-28(24-37(32)42-44-20-22-46(42)40(34)35)47-27-15-17-31-33-9-5-6-14-38(33)45-21-19-43-41(45)36(31)23-27;/h5-22,25-26H,1-4H3;/q-2;+2. The molecule has 9 aromatic rings. The van der Waals surface area contributed by atoms with Crippen molar-refractivity contribution in [3.8, 4) is 22.6 Å². The monoisotopic (exact) mass is 803 g/mol. The van der Waals surface area contributed by atoms with E-state index in [4.69, 9.17) is 9.72 Å². The second-order valence-corrected chi connectivity index (χ2v) is 12.9. The van der Waals surface area contributed by atoms with Gasteiger partial charge in [-0.25, -0.2) is 0 Å². The van der Waals surface area contributed by atoms with Crippen molar-refractivity contribution in [2.24, 2.45) is 0 Å². The van der Waals surface area contributed by atoms with Gasteiger partial charge in [0.05, 0.1) is 11.3 Å². The third-order valence-electron chi connectivity index (χ3n) is 9.45. The number of hydrogen-bond acceptors (Lipinski definition) is 3. The molecule has 0 unspecified atom stereocenters. The maximum atomic E-state index is 6.46. The molecule has 4 aromatic heterocycles. The molecule has 0 aliphatic carbocycles. The molecule has 6 heteroatoms. The van der Waals surface area contributed by atoms with E-state index in [1.165, 1.54) is 22.3 Å². The molecule has 0 bridgehead atoms. The van der Waals surface area contributed by atoms with Crippen LogP contribution in [-0.4, -0.2) is 18.8 Å².